The van der Waals surface area contributed by atoms with E-state index in [9.17, 15) is 14.9 Å². The van der Waals surface area contributed by atoms with E-state index in [-0.39, 0.29) is 17.3 Å². The molecule has 0 atom stereocenters. The minimum absolute atomic E-state index is 0.0208. The summed E-state index contributed by atoms with van der Waals surface area (Å²) in [5, 5.41) is 19.0. The van der Waals surface area contributed by atoms with Crippen LogP contribution in [0.3, 0.4) is 0 Å². The number of benzene rings is 1. The molecule has 1 aliphatic heterocycles. The first kappa shape index (κ1) is 17.2. The van der Waals surface area contributed by atoms with Gasteiger partial charge < -0.3 is 4.90 Å². The van der Waals surface area contributed by atoms with E-state index in [0.717, 1.165) is 25.7 Å². The number of fused-ring (bicyclic) bond motifs is 1. The number of nitrogens with zero attached hydrogens (tertiary/aromatic N) is 4. The topological polar surface area (TPSA) is 89.2 Å². The van der Waals surface area contributed by atoms with E-state index >= 15 is 0 Å². The average molecular weight is 382 g/mol. The van der Waals surface area contributed by atoms with Crippen LogP contribution in [0.25, 0.3) is 0 Å². The Morgan fingerprint density at radius 2 is 2.12 bits per heavy atom. The van der Waals surface area contributed by atoms with Gasteiger partial charge in [-0.05, 0) is 23.8 Å². The molecule has 1 aromatic heterocycles. The molecule has 2 aromatic rings. The van der Waals surface area contributed by atoms with Crippen molar-refractivity contribution in [2.75, 3.05) is 23.0 Å². The molecule has 1 aromatic carbocycles. The number of hydrogen-bond acceptors (Lipinski definition) is 8. The Labute approximate surface area is 151 Å². The Bertz CT molecular complexity index is 780. The number of non-ortho nitro benzene ring substituents is 1. The molecule has 0 unspecified atom stereocenters. The van der Waals surface area contributed by atoms with Crippen molar-refractivity contribution >= 4 is 52.1 Å². The van der Waals surface area contributed by atoms with E-state index in [0.29, 0.717) is 13.0 Å². The third-order valence-electron chi connectivity index (χ3n) is 3.45. The van der Waals surface area contributed by atoms with Gasteiger partial charge in [0, 0.05) is 24.4 Å². The summed E-state index contributed by atoms with van der Waals surface area (Å²) in [4.78, 5) is 24.6. The number of carbonyl (C=O) groups excluding carboxylic acids is 1. The number of hydrogen-bond donors (Lipinski definition) is 0. The van der Waals surface area contributed by atoms with Crippen LogP contribution in [-0.4, -0.2) is 39.1 Å². The molecular weight excluding hydrogens is 368 g/mol. The largest absolute Gasteiger partial charge is 0.311 e. The van der Waals surface area contributed by atoms with Crippen LogP contribution in [0.4, 0.5) is 11.4 Å². The van der Waals surface area contributed by atoms with Crippen LogP contribution in [0.2, 0.25) is 0 Å². The predicted octanol–water partition coefficient (Wildman–Crippen LogP) is 3.24. The molecule has 0 saturated carbocycles. The number of aromatic nitrogens is 2. The highest BCUT2D eigenvalue weighted by atomic mass is 32.2. The van der Waals surface area contributed by atoms with Crippen molar-refractivity contribution in [2.45, 2.75) is 22.0 Å². The minimum Gasteiger partial charge on any atom is -0.311 e. The Morgan fingerprint density at radius 3 is 2.83 bits per heavy atom. The van der Waals surface area contributed by atoms with Crippen molar-refractivity contribution in [1.29, 1.82) is 0 Å². The van der Waals surface area contributed by atoms with Gasteiger partial charge in [-0.15, -0.1) is 10.2 Å². The lowest BCUT2D eigenvalue weighted by Crippen LogP contribution is -2.30. The first-order valence-corrected chi connectivity index (χ1v) is 10.0. The van der Waals surface area contributed by atoms with E-state index in [1.165, 1.54) is 29.2 Å². The number of nitro benzene ring substituents is 1. The highest BCUT2D eigenvalue weighted by molar-refractivity contribution is 8.03. The van der Waals surface area contributed by atoms with E-state index in [1.54, 1.807) is 28.8 Å². The van der Waals surface area contributed by atoms with E-state index < -0.39 is 4.92 Å². The molecule has 24 heavy (non-hydrogen) atoms. The summed E-state index contributed by atoms with van der Waals surface area (Å²) in [5.41, 5.74) is 1.68. The zero-order valence-electron chi connectivity index (χ0n) is 12.8. The lowest BCUT2D eigenvalue weighted by molar-refractivity contribution is -0.384. The molecule has 7 nitrogen and oxygen atoms in total. The number of amides is 1. The molecule has 0 spiro atoms. The first-order chi connectivity index (χ1) is 11.6. The fourth-order valence-electron chi connectivity index (χ4n) is 2.40. The monoisotopic (exact) mass is 382 g/mol. The van der Waals surface area contributed by atoms with Crippen LogP contribution in [-0.2, 0) is 11.2 Å². The molecule has 3 rings (SSSR count). The van der Waals surface area contributed by atoms with Crippen LogP contribution in [0.15, 0.2) is 26.9 Å². The second kappa shape index (κ2) is 7.49. The molecule has 0 radical (unpaired) electrons. The second-order valence-corrected chi connectivity index (χ2v) is 8.63. The fourth-order valence-corrected chi connectivity index (χ4v) is 5.19. The standard InChI is InChI=1S/C14H14N4O3S3/c1-2-22-13-15-16-14(24-13)23-8-12(19)17-6-5-9-7-10(18(20)21)3-4-11(9)17/h3-4,7H,2,5-6,8H2,1H3. The molecule has 0 fully saturated rings. The van der Waals surface area contributed by atoms with Crippen LogP contribution in [0.5, 0.6) is 0 Å². The van der Waals surface area contributed by atoms with Crippen molar-refractivity contribution < 1.29 is 9.72 Å². The number of thioether (sulfide) groups is 2. The zero-order chi connectivity index (χ0) is 17.1. The number of rotatable bonds is 6. The molecule has 126 valence electrons. The van der Waals surface area contributed by atoms with Gasteiger partial charge in [0.05, 0.1) is 10.7 Å². The number of anilines is 1. The van der Waals surface area contributed by atoms with Crippen LogP contribution in [0, 0.1) is 10.1 Å². The quantitative estimate of drug-likeness (QED) is 0.430. The van der Waals surface area contributed by atoms with Gasteiger partial charge in [0.15, 0.2) is 8.68 Å². The number of nitro groups is 1. The van der Waals surface area contributed by atoms with Crippen molar-refractivity contribution in [3.8, 4) is 0 Å². The highest BCUT2D eigenvalue weighted by Gasteiger charge is 2.26. The van der Waals surface area contributed by atoms with E-state index in [2.05, 4.69) is 17.1 Å². The molecule has 0 bridgehead atoms. The maximum Gasteiger partial charge on any atom is 0.269 e. The van der Waals surface area contributed by atoms with Crippen molar-refractivity contribution in [3.63, 3.8) is 0 Å². The highest BCUT2D eigenvalue weighted by Crippen LogP contribution is 2.33. The Morgan fingerprint density at radius 1 is 1.38 bits per heavy atom. The Balaban J connectivity index is 1.63. The van der Waals surface area contributed by atoms with Gasteiger partial charge in [0.25, 0.3) is 5.69 Å². The lowest BCUT2D eigenvalue weighted by Gasteiger charge is -2.16. The van der Waals surface area contributed by atoms with Gasteiger partial charge >= 0.3 is 0 Å². The van der Waals surface area contributed by atoms with Crippen molar-refractivity contribution in [2.24, 2.45) is 0 Å². The predicted molar refractivity (Wildman–Crippen MR) is 96.2 cm³/mol. The summed E-state index contributed by atoms with van der Waals surface area (Å²) >= 11 is 4.50. The lowest BCUT2D eigenvalue weighted by atomic mass is 10.1. The van der Waals surface area contributed by atoms with E-state index in [4.69, 9.17) is 0 Å². The van der Waals surface area contributed by atoms with E-state index in [1.807, 2.05) is 0 Å². The molecular formula is C14H14N4O3S3. The smallest absolute Gasteiger partial charge is 0.269 e. The summed E-state index contributed by atoms with van der Waals surface area (Å²) in [5.74, 6) is 1.20. The van der Waals surface area contributed by atoms with Gasteiger partial charge in [0.1, 0.15) is 0 Å². The van der Waals surface area contributed by atoms with Gasteiger partial charge in [-0.25, -0.2) is 0 Å². The third kappa shape index (κ3) is 3.70. The Kier molecular flexibility index (Phi) is 5.36. The summed E-state index contributed by atoms with van der Waals surface area (Å²) in [6.07, 6.45) is 0.642. The van der Waals surface area contributed by atoms with Gasteiger partial charge in [-0.1, -0.05) is 41.8 Å². The van der Waals surface area contributed by atoms with Gasteiger partial charge in [-0.2, -0.15) is 0 Å². The average Bonchev–Trinajstić information content (AvgIpc) is 3.19. The minimum atomic E-state index is -0.415. The van der Waals surface area contributed by atoms with Gasteiger partial charge in [0.2, 0.25) is 5.91 Å². The van der Waals surface area contributed by atoms with Crippen LogP contribution >= 0.6 is 34.9 Å². The molecule has 0 N–H and O–H groups in total. The third-order valence-corrected chi connectivity index (χ3v) is 6.50. The van der Waals surface area contributed by atoms with Crippen LogP contribution in [0.1, 0.15) is 12.5 Å². The second-order valence-electron chi connectivity index (χ2n) is 4.92. The number of carbonyl (C=O) groups is 1. The molecule has 1 aliphatic rings. The first-order valence-electron chi connectivity index (χ1n) is 7.25. The summed E-state index contributed by atoms with van der Waals surface area (Å²) < 4.78 is 1.69. The molecule has 2 heterocycles. The SMILES string of the molecule is CCSc1nnc(SCC(=O)N2CCc3cc([N+](=O)[O-])ccc32)s1. The molecule has 10 heteroatoms. The summed E-state index contributed by atoms with van der Waals surface area (Å²) in [6, 6.07) is 4.65. The fraction of sp³-hybridized carbons (Fsp3) is 0.357. The molecule has 0 saturated heterocycles. The maximum atomic E-state index is 12.5. The van der Waals surface area contributed by atoms with Gasteiger partial charge in [-0.3, -0.25) is 14.9 Å². The van der Waals surface area contributed by atoms with Crippen molar-refractivity contribution in [1.82, 2.24) is 10.2 Å². The van der Waals surface area contributed by atoms with Crippen LogP contribution < -0.4 is 4.90 Å². The maximum absolute atomic E-state index is 12.5. The Hall–Kier alpha value is -1.65. The molecule has 1 amide bonds. The normalized spacial score (nSPS) is 13.1. The summed E-state index contributed by atoms with van der Waals surface area (Å²) in [7, 11) is 0. The molecule has 0 aliphatic carbocycles. The zero-order valence-corrected chi connectivity index (χ0v) is 15.2. The van der Waals surface area contributed by atoms with Crippen molar-refractivity contribution in [3.05, 3.63) is 33.9 Å². The summed E-state index contributed by atoms with van der Waals surface area (Å²) in [6.45, 7) is 2.61.